The average Bonchev–Trinajstić information content (AvgIpc) is 3.33. The van der Waals surface area contributed by atoms with E-state index in [-0.39, 0.29) is 9.62 Å². The highest BCUT2D eigenvalue weighted by Gasteiger charge is 2.47. The van der Waals surface area contributed by atoms with Gasteiger partial charge in [-0.2, -0.15) is 25.8 Å². The Bertz CT molecular complexity index is 1160. The quantitative estimate of drug-likeness (QED) is 0.491. The molecule has 11 heteroatoms. The fourth-order valence-electron chi connectivity index (χ4n) is 4.96. The lowest BCUT2D eigenvalue weighted by molar-refractivity contribution is -0.126. The summed E-state index contributed by atoms with van der Waals surface area (Å²) in [5, 5.41) is 0.694. The molecule has 34 heavy (non-hydrogen) atoms. The molecule has 0 radical (unpaired) electrons. The Balaban J connectivity index is 1.30. The number of alkyl halides is 3. The third-order valence-corrected chi connectivity index (χ3v) is 8.31. The van der Waals surface area contributed by atoms with Crippen molar-refractivity contribution in [3.63, 3.8) is 0 Å². The molecular formula is C23H26F3N5OS2. The van der Waals surface area contributed by atoms with Crippen LogP contribution in [0, 0.1) is 5.92 Å². The first-order chi connectivity index (χ1) is 16.2. The maximum Gasteiger partial charge on any atom is 0.393 e. The molecule has 0 aromatic carbocycles. The van der Waals surface area contributed by atoms with E-state index in [2.05, 4.69) is 24.8 Å². The van der Waals surface area contributed by atoms with E-state index in [1.165, 1.54) is 6.33 Å². The maximum atomic E-state index is 12.9. The first-order valence-electron chi connectivity index (χ1n) is 11.3. The first kappa shape index (κ1) is 23.6. The number of hydrogen-bond donors (Lipinski definition) is 1. The number of rotatable bonds is 6. The van der Waals surface area contributed by atoms with Crippen LogP contribution in [0.2, 0.25) is 0 Å². The van der Waals surface area contributed by atoms with Gasteiger partial charge in [0.1, 0.15) is 17.0 Å². The molecule has 0 N–H and O–H groups in total. The Morgan fingerprint density at radius 2 is 2.09 bits per heavy atom. The van der Waals surface area contributed by atoms with Crippen molar-refractivity contribution in [3.8, 4) is 5.88 Å². The molecule has 0 amide bonds. The summed E-state index contributed by atoms with van der Waals surface area (Å²) >= 11 is 6.18. The molecule has 6 nitrogen and oxygen atoms in total. The smallest absolute Gasteiger partial charge is 0.393 e. The van der Waals surface area contributed by atoms with Crippen LogP contribution in [0.5, 0.6) is 5.88 Å². The third kappa shape index (κ3) is 4.96. The summed E-state index contributed by atoms with van der Waals surface area (Å²) in [7, 11) is 0. The minimum Gasteiger partial charge on any atom is -0.478 e. The molecule has 2 aliphatic heterocycles. The van der Waals surface area contributed by atoms with E-state index in [1.807, 2.05) is 25.3 Å². The summed E-state index contributed by atoms with van der Waals surface area (Å²) in [4.78, 5) is 18.5. The van der Waals surface area contributed by atoms with E-state index < -0.39 is 12.6 Å². The number of nitrogens with zero attached hydrogens (tertiary/aromatic N) is 5. The molecule has 182 valence electrons. The van der Waals surface area contributed by atoms with Gasteiger partial charge >= 0.3 is 6.18 Å². The Labute approximate surface area is 205 Å². The molecule has 2 atom stereocenters. The number of piperidine rings is 1. The zero-order valence-corrected chi connectivity index (χ0v) is 20.5. The molecular weight excluding hydrogens is 483 g/mol. The number of aromatic nitrogens is 3. The molecule has 3 aromatic rings. The Kier molecular flexibility index (Phi) is 6.36. The molecule has 0 saturated carbocycles. The van der Waals surface area contributed by atoms with Crippen LogP contribution in [0.4, 0.5) is 19.0 Å². The van der Waals surface area contributed by atoms with Crippen LogP contribution in [0.25, 0.3) is 10.2 Å². The highest BCUT2D eigenvalue weighted by atomic mass is 32.1. The zero-order valence-electron chi connectivity index (χ0n) is 18.8. The van der Waals surface area contributed by atoms with Crippen LogP contribution < -0.4 is 9.64 Å². The zero-order chi connectivity index (χ0) is 23.9. The summed E-state index contributed by atoms with van der Waals surface area (Å²) < 4.78 is 44.0. The van der Waals surface area contributed by atoms with E-state index in [0.29, 0.717) is 34.4 Å². The predicted molar refractivity (Wildman–Crippen MR) is 130 cm³/mol. The molecule has 3 aromatic heterocycles. The van der Waals surface area contributed by atoms with E-state index in [1.54, 1.807) is 6.07 Å². The summed E-state index contributed by atoms with van der Waals surface area (Å²) in [6.45, 7) is 6.63. The molecule has 5 rings (SSSR count). The van der Waals surface area contributed by atoms with Crippen LogP contribution in [-0.2, 0) is 13.0 Å². The number of hydrogen-bond acceptors (Lipinski definition) is 8. The van der Waals surface area contributed by atoms with Gasteiger partial charge in [0.05, 0.1) is 18.4 Å². The lowest BCUT2D eigenvalue weighted by Gasteiger charge is -2.40. The SMILES string of the molecule is CCOc1ccc(CN2CC[C@]3(S)CN(c4ncnc5sc(CC(F)(F)F)cc45)C[C@@H]3C2)cn1. The van der Waals surface area contributed by atoms with E-state index in [9.17, 15) is 13.2 Å². The summed E-state index contributed by atoms with van der Waals surface area (Å²) in [5.74, 6) is 1.66. The number of ether oxygens (including phenoxy) is 1. The number of likely N-dealkylation sites (tertiary alicyclic amines) is 1. The molecule has 2 saturated heterocycles. The van der Waals surface area contributed by atoms with Crippen LogP contribution in [-0.4, -0.2) is 63.6 Å². The monoisotopic (exact) mass is 509 g/mol. The molecule has 2 aliphatic rings. The largest absolute Gasteiger partial charge is 0.478 e. The minimum absolute atomic E-state index is 0.157. The second-order valence-corrected chi connectivity index (χ2v) is 11.0. The number of thiophene rings is 1. The van der Waals surface area contributed by atoms with E-state index >= 15 is 0 Å². The molecule has 0 spiro atoms. The second-order valence-electron chi connectivity index (χ2n) is 9.02. The van der Waals surface area contributed by atoms with Crippen LogP contribution in [0.15, 0.2) is 30.7 Å². The van der Waals surface area contributed by atoms with Gasteiger partial charge in [-0.15, -0.1) is 11.3 Å². The first-order valence-corrected chi connectivity index (χ1v) is 12.6. The van der Waals surface area contributed by atoms with Crippen LogP contribution in [0.1, 0.15) is 23.8 Å². The Morgan fingerprint density at radius 1 is 1.24 bits per heavy atom. The van der Waals surface area contributed by atoms with Crippen LogP contribution >= 0.6 is 24.0 Å². The van der Waals surface area contributed by atoms with Gasteiger partial charge in [0.2, 0.25) is 5.88 Å². The van der Waals surface area contributed by atoms with Crippen molar-refractivity contribution < 1.29 is 17.9 Å². The van der Waals surface area contributed by atoms with Crippen molar-refractivity contribution in [3.05, 3.63) is 41.2 Å². The fourth-order valence-corrected chi connectivity index (χ4v) is 6.41. The third-order valence-electron chi connectivity index (χ3n) is 6.53. The number of halogens is 3. The van der Waals surface area contributed by atoms with Crippen molar-refractivity contribution in [2.24, 2.45) is 5.92 Å². The maximum absolute atomic E-state index is 12.9. The number of anilines is 1. The van der Waals surface area contributed by atoms with Crippen molar-refractivity contribution in [1.82, 2.24) is 19.9 Å². The van der Waals surface area contributed by atoms with Gasteiger partial charge in [-0.1, -0.05) is 6.07 Å². The molecule has 2 fully saturated rings. The van der Waals surface area contributed by atoms with E-state index in [0.717, 1.165) is 56.0 Å². The van der Waals surface area contributed by atoms with Crippen molar-refractivity contribution in [1.29, 1.82) is 0 Å². The standard InChI is InChI=1S/C23H26F3N5OS2/c1-2-32-19-4-3-15(9-27-19)10-30-6-5-22(33)13-31(12-16(22)11-30)20-18-7-17(8-23(24,25)26)34-21(18)29-14-28-20/h3-4,7,9,14,16,33H,2,5-6,8,10-13H2,1H3/t16-,22-/m0/s1. The summed E-state index contributed by atoms with van der Waals surface area (Å²) in [6.07, 6.45) is -0.944. The summed E-state index contributed by atoms with van der Waals surface area (Å²) in [5.41, 5.74) is 1.14. The normalized spacial score (nSPS) is 23.4. The molecule has 0 unspecified atom stereocenters. The number of thiol groups is 1. The van der Waals surface area contributed by atoms with Crippen LogP contribution in [0.3, 0.4) is 0 Å². The van der Waals surface area contributed by atoms with Gasteiger partial charge in [-0.3, -0.25) is 4.90 Å². The van der Waals surface area contributed by atoms with E-state index in [4.69, 9.17) is 17.4 Å². The molecule has 0 aliphatic carbocycles. The van der Waals surface area contributed by atoms with Crippen molar-refractivity contribution in [2.75, 3.05) is 37.7 Å². The van der Waals surface area contributed by atoms with Gasteiger partial charge in [-0.25, -0.2) is 15.0 Å². The number of fused-ring (bicyclic) bond motifs is 2. The summed E-state index contributed by atoms with van der Waals surface area (Å²) in [6, 6.07) is 5.55. The molecule has 5 heterocycles. The number of pyridine rings is 1. The Hall–Kier alpha value is -2.11. The minimum atomic E-state index is -4.24. The Morgan fingerprint density at radius 3 is 2.82 bits per heavy atom. The lowest BCUT2D eigenvalue weighted by atomic mass is 9.87. The van der Waals surface area contributed by atoms with Crippen molar-refractivity contribution in [2.45, 2.75) is 37.2 Å². The highest BCUT2D eigenvalue weighted by molar-refractivity contribution is 7.81. The van der Waals surface area contributed by atoms with Gasteiger partial charge < -0.3 is 9.64 Å². The average molecular weight is 510 g/mol. The second kappa shape index (κ2) is 9.16. The fraction of sp³-hybridized carbons (Fsp3) is 0.522. The van der Waals surface area contributed by atoms with Gasteiger partial charge in [0, 0.05) is 54.0 Å². The van der Waals surface area contributed by atoms with Gasteiger partial charge in [0.25, 0.3) is 0 Å². The van der Waals surface area contributed by atoms with Gasteiger partial charge in [0.15, 0.2) is 0 Å². The van der Waals surface area contributed by atoms with Gasteiger partial charge in [-0.05, 0) is 31.5 Å². The lowest BCUT2D eigenvalue weighted by Crippen LogP contribution is -2.47. The van der Waals surface area contributed by atoms with Crippen molar-refractivity contribution >= 4 is 40.0 Å². The molecule has 0 bridgehead atoms. The predicted octanol–water partition coefficient (Wildman–Crippen LogP) is 4.60. The highest BCUT2D eigenvalue weighted by Crippen LogP contribution is 2.43. The topological polar surface area (TPSA) is 54.4 Å².